The molecule has 0 aliphatic heterocycles. The quantitative estimate of drug-likeness (QED) is 0.691. The zero-order valence-electron chi connectivity index (χ0n) is 9.83. The van der Waals surface area contributed by atoms with Crippen LogP contribution in [0.25, 0.3) is 0 Å². The summed E-state index contributed by atoms with van der Waals surface area (Å²) in [6.45, 7) is 2.22. The van der Waals surface area contributed by atoms with Gasteiger partial charge in [0.25, 0.3) is 0 Å². The summed E-state index contributed by atoms with van der Waals surface area (Å²) in [6, 6.07) is 0. The number of carbonyl (C=O) groups is 1. The molecule has 1 amide bonds. The van der Waals surface area contributed by atoms with Crippen molar-refractivity contribution in [3.63, 3.8) is 0 Å². The molecule has 0 saturated heterocycles. The van der Waals surface area contributed by atoms with E-state index < -0.39 is 0 Å². The number of rotatable bonds is 5. The Kier molecular flexibility index (Phi) is 3.51. The van der Waals surface area contributed by atoms with Crippen LogP contribution < -0.4 is 11.1 Å². The zero-order valence-corrected chi connectivity index (χ0v) is 9.83. The first-order chi connectivity index (χ1) is 8.63. The normalized spacial score (nSPS) is 10.5. The molecule has 0 aliphatic carbocycles. The van der Waals surface area contributed by atoms with E-state index in [4.69, 9.17) is 10.3 Å². The Balaban J connectivity index is 1.72. The summed E-state index contributed by atoms with van der Waals surface area (Å²) in [4.78, 5) is 19.3. The topological polar surface area (TPSA) is 125 Å². The highest BCUT2D eigenvalue weighted by atomic mass is 16.5. The number of nitrogen functional groups attached to an aromatic ring is 1. The van der Waals surface area contributed by atoms with Crippen LogP contribution in [0.3, 0.4) is 0 Å². The van der Waals surface area contributed by atoms with E-state index in [9.17, 15) is 4.79 Å². The van der Waals surface area contributed by atoms with Crippen molar-refractivity contribution in [3.8, 4) is 0 Å². The third-order valence-corrected chi connectivity index (χ3v) is 2.10. The predicted molar refractivity (Wildman–Crippen MR) is 60.2 cm³/mol. The maximum atomic E-state index is 11.5. The Morgan fingerprint density at radius 3 is 3.06 bits per heavy atom. The van der Waals surface area contributed by atoms with E-state index in [2.05, 4.69) is 25.5 Å². The van der Waals surface area contributed by atoms with Crippen molar-refractivity contribution in [2.75, 3.05) is 12.3 Å². The predicted octanol–water partition coefficient (Wildman–Crippen LogP) is -1.09. The summed E-state index contributed by atoms with van der Waals surface area (Å²) in [6.07, 6.45) is 1.92. The van der Waals surface area contributed by atoms with Gasteiger partial charge in [0, 0.05) is 19.9 Å². The molecule has 9 nitrogen and oxygen atoms in total. The lowest BCUT2D eigenvalue weighted by molar-refractivity contribution is -0.121. The van der Waals surface area contributed by atoms with E-state index in [1.165, 1.54) is 11.0 Å². The number of carbonyl (C=O) groups excluding carboxylic acids is 1. The molecular weight excluding hydrogens is 238 g/mol. The monoisotopic (exact) mass is 251 g/mol. The SMILES string of the molecule is Cc1nc(CCNC(=O)Cn2cnc(N)n2)no1. The van der Waals surface area contributed by atoms with Gasteiger partial charge < -0.3 is 15.6 Å². The molecule has 9 heteroatoms. The van der Waals surface area contributed by atoms with Gasteiger partial charge in [0.15, 0.2) is 5.82 Å². The minimum Gasteiger partial charge on any atom is -0.367 e. The van der Waals surface area contributed by atoms with Crippen molar-refractivity contribution < 1.29 is 9.32 Å². The van der Waals surface area contributed by atoms with Crippen LogP contribution >= 0.6 is 0 Å². The number of aromatic nitrogens is 5. The van der Waals surface area contributed by atoms with E-state index in [1.54, 1.807) is 6.92 Å². The first-order valence-electron chi connectivity index (χ1n) is 5.34. The third kappa shape index (κ3) is 3.27. The molecule has 0 radical (unpaired) electrons. The van der Waals surface area contributed by atoms with Gasteiger partial charge in [0.2, 0.25) is 17.7 Å². The van der Waals surface area contributed by atoms with Crippen LogP contribution in [-0.2, 0) is 17.8 Å². The van der Waals surface area contributed by atoms with Gasteiger partial charge in [-0.05, 0) is 0 Å². The molecule has 2 aromatic heterocycles. The van der Waals surface area contributed by atoms with E-state index in [-0.39, 0.29) is 18.4 Å². The van der Waals surface area contributed by atoms with Crippen LogP contribution in [-0.4, -0.2) is 37.4 Å². The molecule has 0 bridgehead atoms. The van der Waals surface area contributed by atoms with Gasteiger partial charge in [-0.2, -0.15) is 4.98 Å². The van der Waals surface area contributed by atoms with E-state index in [1.807, 2.05) is 0 Å². The fourth-order valence-electron chi connectivity index (χ4n) is 1.34. The number of anilines is 1. The van der Waals surface area contributed by atoms with Crippen molar-refractivity contribution >= 4 is 11.9 Å². The maximum absolute atomic E-state index is 11.5. The van der Waals surface area contributed by atoms with Crippen LogP contribution in [0.2, 0.25) is 0 Å². The van der Waals surface area contributed by atoms with Gasteiger partial charge >= 0.3 is 0 Å². The summed E-state index contributed by atoms with van der Waals surface area (Å²) in [5.74, 6) is 1.04. The Morgan fingerprint density at radius 2 is 2.44 bits per heavy atom. The highest BCUT2D eigenvalue weighted by molar-refractivity contribution is 5.75. The molecule has 2 heterocycles. The molecule has 0 atom stereocenters. The summed E-state index contributed by atoms with van der Waals surface area (Å²) >= 11 is 0. The highest BCUT2D eigenvalue weighted by Gasteiger charge is 2.06. The number of nitrogens with zero attached hydrogens (tertiary/aromatic N) is 5. The number of hydrogen-bond acceptors (Lipinski definition) is 7. The van der Waals surface area contributed by atoms with Gasteiger partial charge in [-0.3, -0.25) is 4.79 Å². The molecule has 0 saturated carbocycles. The average Bonchev–Trinajstić information content (AvgIpc) is 2.88. The fraction of sp³-hybridized carbons (Fsp3) is 0.444. The van der Waals surface area contributed by atoms with E-state index in [0.717, 1.165) is 0 Å². The second kappa shape index (κ2) is 5.25. The largest absolute Gasteiger partial charge is 0.367 e. The Morgan fingerprint density at radius 1 is 1.61 bits per heavy atom. The van der Waals surface area contributed by atoms with Crippen LogP contribution in [0.4, 0.5) is 5.95 Å². The second-order valence-electron chi connectivity index (χ2n) is 3.63. The highest BCUT2D eigenvalue weighted by Crippen LogP contribution is 1.95. The third-order valence-electron chi connectivity index (χ3n) is 2.10. The Hall–Kier alpha value is -2.45. The lowest BCUT2D eigenvalue weighted by Crippen LogP contribution is -2.29. The second-order valence-corrected chi connectivity index (χ2v) is 3.63. The first kappa shape index (κ1) is 12.0. The lowest BCUT2D eigenvalue weighted by atomic mass is 10.4. The Labute approximate surface area is 102 Å². The fourth-order valence-corrected chi connectivity index (χ4v) is 1.34. The van der Waals surface area contributed by atoms with Crippen LogP contribution in [0.1, 0.15) is 11.7 Å². The summed E-state index contributed by atoms with van der Waals surface area (Å²) in [5.41, 5.74) is 5.33. The van der Waals surface area contributed by atoms with Gasteiger partial charge in [-0.15, -0.1) is 5.10 Å². The summed E-state index contributed by atoms with van der Waals surface area (Å²) in [7, 11) is 0. The number of amides is 1. The molecule has 18 heavy (non-hydrogen) atoms. The zero-order chi connectivity index (χ0) is 13.0. The number of nitrogens with two attached hydrogens (primary N) is 1. The lowest BCUT2D eigenvalue weighted by Gasteiger charge is -2.02. The standard InChI is InChI=1S/C9H13N7O2/c1-6-13-7(15-18-6)2-3-11-8(17)4-16-5-12-9(10)14-16/h5H,2-4H2,1H3,(H2,10,14)(H,11,17). The Bertz CT molecular complexity index is 533. The van der Waals surface area contributed by atoms with Crippen molar-refractivity contribution in [1.82, 2.24) is 30.2 Å². The number of hydrogen-bond donors (Lipinski definition) is 2. The number of aryl methyl sites for hydroxylation is 1. The van der Waals surface area contributed by atoms with Crippen molar-refractivity contribution in [2.24, 2.45) is 0 Å². The van der Waals surface area contributed by atoms with Crippen molar-refractivity contribution in [3.05, 3.63) is 18.0 Å². The minimum absolute atomic E-state index is 0.0788. The molecule has 96 valence electrons. The average molecular weight is 251 g/mol. The molecule has 2 aromatic rings. The van der Waals surface area contributed by atoms with Gasteiger partial charge in [0.1, 0.15) is 12.9 Å². The molecular formula is C9H13N7O2. The van der Waals surface area contributed by atoms with Crippen molar-refractivity contribution in [1.29, 1.82) is 0 Å². The number of nitrogens with one attached hydrogen (secondary N) is 1. The van der Waals surface area contributed by atoms with E-state index in [0.29, 0.717) is 24.7 Å². The van der Waals surface area contributed by atoms with Gasteiger partial charge in [-0.1, -0.05) is 5.16 Å². The molecule has 3 N–H and O–H groups in total. The maximum Gasteiger partial charge on any atom is 0.241 e. The summed E-state index contributed by atoms with van der Waals surface area (Å²) in [5, 5.41) is 10.2. The molecule has 0 fully saturated rings. The molecule has 0 aliphatic rings. The van der Waals surface area contributed by atoms with Gasteiger partial charge in [-0.25, -0.2) is 9.67 Å². The molecule has 0 spiro atoms. The summed E-state index contributed by atoms with van der Waals surface area (Å²) < 4.78 is 6.17. The first-order valence-corrected chi connectivity index (χ1v) is 5.34. The van der Waals surface area contributed by atoms with Crippen LogP contribution in [0.5, 0.6) is 0 Å². The van der Waals surface area contributed by atoms with Gasteiger partial charge in [0.05, 0.1) is 0 Å². The molecule has 0 unspecified atom stereocenters. The minimum atomic E-state index is -0.180. The smallest absolute Gasteiger partial charge is 0.241 e. The van der Waals surface area contributed by atoms with Crippen LogP contribution in [0, 0.1) is 6.92 Å². The molecule has 2 rings (SSSR count). The molecule has 0 aromatic carbocycles. The van der Waals surface area contributed by atoms with Crippen LogP contribution in [0.15, 0.2) is 10.9 Å². The van der Waals surface area contributed by atoms with E-state index >= 15 is 0 Å². The van der Waals surface area contributed by atoms with Crippen molar-refractivity contribution in [2.45, 2.75) is 19.9 Å².